The molecular weight excluding hydrogens is 307 g/mol. The first-order valence-electron chi connectivity index (χ1n) is 7.26. The summed E-state index contributed by atoms with van der Waals surface area (Å²) in [7, 11) is 2.96. The monoisotopic (exact) mass is 338 g/mol. The summed E-state index contributed by atoms with van der Waals surface area (Å²) < 4.78 is 13.9. The summed E-state index contributed by atoms with van der Waals surface area (Å²) in [6.45, 7) is 10.5. The number of hydrogen-bond acceptors (Lipinski definition) is 4. The highest BCUT2D eigenvalue weighted by Crippen LogP contribution is 2.40. The zero-order chi connectivity index (χ0) is 18.1. The standard InChI is InChI=1S/C7H18N.C6H14N3O4P/c1-5-8(4,6-2)7-3;1-7-5(10)6(11)9(4)14(12,13)8(2)3/h5-7H2,1-4H3;1-4H3,(H,7,10)(H,12,13)/q+1;/p-1. The molecule has 0 aromatic carbocycles. The fourth-order valence-corrected chi connectivity index (χ4v) is 2.16. The van der Waals surface area contributed by atoms with E-state index in [0.717, 1.165) is 11.7 Å². The Morgan fingerprint density at radius 2 is 1.45 bits per heavy atom. The Labute approximate surface area is 134 Å². The first kappa shape index (κ1) is 23.3. The molecule has 0 rings (SSSR count). The van der Waals surface area contributed by atoms with Gasteiger partial charge in [0.1, 0.15) is 0 Å². The second kappa shape index (κ2) is 9.94. The van der Waals surface area contributed by atoms with Crippen molar-refractivity contribution in [3.05, 3.63) is 0 Å². The lowest BCUT2D eigenvalue weighted by atomic mass is 10.4. The minimum Gasteiger partial charge on any atom is -0.771 e. The van der Waals surface area contributed by atoms with E-state index in [1.165, 1.54) is 45.3 Å². The molecule has 0 fully saturated rings. The zero-order valence-electron chi connectivity index (χ0n) is 15.0. The minimum absolute atomic E-state index is 0.409. The van der Waals surface area contributed by atoms with Crippen molar-refractivity contribution in [2.45, 2.75) is 20.8 Å². The Balaban J connectivity index is 0. The molecule has 0 aliphatic heterocycles. The van der Waals surface area contributed by atoms with Crippen molar-refractivity contribution in [1.82, 2.24) is 14.7 Å². The van der Waals surface area contributed by atoms with Gasteiger partial charge in [0, 0.05) is 14.1 Å². The van der Waals surface area contributed by atoms with Crippen molar-refractivity contribution in [1.29, 1.82) is 0 Å². The highest BCUT2D eigenvalue weighted by Gasteiger charge is 2.26. The molecule has 0 saturated heterocycles. The predicted molar refractivity (Wildman–Crippen MR) is 85.9 cm³/mol. The molecule has 1 N–H and O–H groups in total. The van der Waals surface area contributed by atoms with Gasteiger partial charge in [-0.2, -0.15) is 0 Å². The van der Waals surface area contributed by atoms with Gasteiger partial charge in [-0.3, -0.25) is 23.5 Å². The van der Waals surface area contributed by atoms with Crippen molar-refractivity contribution in [3.63, 3.8) is 0 Å². The number of nitrogens with one attached hydrogen (secondary N) is 1. The van der Waals surface area contributed by atoms with Gasteiger partial charge in [-0.05, 0) is 34.9 Å². The van der Waals surface area contributed by atoms with E-state index in [1.807, 2.05) is 5.32 Å². The number of hydrogen-bond donors (Lipinski definition) is 1. The first-order chi connectivity index (χ1) is 9.93. The van der Waals surface area contributed by atoms with E-state index in [9.17, 15) is 19.0 Å². The van der Waals surface area contributed by atoms with Gasteiger partial charge in [-0.25, -0.2) is 0 Å². The molecule has 1 atom stereocenters. The van der Waals surface area contributed by atoms with Crippen LogP contribution in [0.5, 0.6) is 0 Å². The maximum absolute atomic E-state index is 11.4. The van der Waals surface area contributed by atoms with E-state index in [4.69, 9.17) is 0 Å². The molecule has 8 nitrogen and oxygen atoms in total. The Bertz CT molecular complexity index is 403. The molecule has 0 saturated carbocycles. The number of likely N-dealkylation sites (N-methyl/N-ethyl adjacent to an activating group) is 2. The van der Waals surface area contributed by atoms with E-state index in [1.54, 1.807) is 0 Å². The third-order valence-electron chi connectivity index (χ3n) is 3.89. The smallest absolute Gasteiger partial charge is 0.317 e. The van der Waals surface area contributed by atoms with E-state index in [0.29, 0.717) is 4.67 Å². The largest absolute Gasteiger partial charge is 0.771 e. The fourth-order valence-electron chi connectivity index (χ4n) is 1.31. The third-order valence-corrected chi connectivity index (χ3v) is 5.84. The second-order valence-corrected chi connectivity index (χ2v) is 7.70. The number of carbonyl (C=O) groups is 2. The highest BCUT2D eigenvalue weighted by atomic mass is 31.2. The molecule has 0 radical (unpaired) electrons. The Hall–Kier alpha value is -0.950. The highest BCUT2D eigenvalue weighted by molar-refractivity contribution is 7.52. The molecule has 0 bridgehead atoms. The molecule has 2 amide bonds. The Kier molecular flexibility index (Phi) is 10.5. The summed E-state index contributed by atoms with van der Waals surface area (Å²) in [5.74, 6) is -2.08. The lowest BCUT2D eigenvalue weighted by Gasteiger charge is -2.37. The summed E-state index contributed by atoms with van der Waals surface area (Å²) in [5, 5.41) is 2.05. The number of nitrogens with zero attached hydrogens (tertiary/aromatic N) is 3. The van der Waals surface area contributed by atoms with Crippen LogP contribution in [0.15, 0.2) is 0 Å². The molecule has 0 aromatic heterocycles. The van der Waals surface area contributed by atoms with E-state index in [-0.39, 0.29) is 0 Å². The summed E-state index contributed by atoms with van der Waals surface area (Å²) >= 11 is 0. The van der Waals surface area contributed by atoms with Gasteiger partial charge < -0.3 is 14.7 Å². The molecule has 0 spiro atoms. The van der Waals surface area contributed by atoms with Crippen LogP contribution in [0.4, 0.5) is 0 Å². The van der Waals surface area contributed by atoms with E-state index >= 15 is 0 Å². The number of carbonyl (C=O) groups excluding carboxylic acids is 2. The van der Waals surface area contributed by atoms with Crippen molar-refractivity contribution >= 4 is 19.5 Å². The van der Waals surface area contributed by atoms with Gasteiger partial charge in [-0.15, -0.1) is 0 Å². The molecule has 9 heteroatoms. The maximum Gasteiger partial charge on any atom is 0.317 e. The predicted octanol–water partition coefficient (Wildman–Crippen LogP) is -0.286. The van der Waals surface area contributed by atoms with Crippen LogP contribution in [0, 0.1) is 0 Å². The van der Waals surface area contributed by atoms with Crippen LogP contribution >= 0.6 is 7.67 Å². The van der Waals surface area contributed by atoms with Crippen LogP contribution in [-0.2, 0) is 14.2 Å². The number of amides is 2. The number of quaternary nitrogens is 1. The number of rotatable bonds is 5. The Morgan fingerprint density at radius 1 is 1.09 bits per heavy atom. The summed E-state index contributed by atoms with van der Waals surface area (Å²) in [6, 6.07) is 0. The van der Waals surface area contributed by atoms with E-state index in [2.05, 4.69) is 27.8 Å². The fraction of sp³-hybridized carbons (Fsp3) is 0.846. The van der Waals surface area contributed by atoms with Crippen LogP contribution in [-0.4, -0.2) is 80.5 Å². The lowest BCUT2D eigenvalue weighted by molar-refractivity contribution is -0.904. The first-order valence-corrected chi connectivity index (χ1v) is 8.79. The lowest BCUT2D eigenvalue weighted by Crippen LogP contribution is -2.42. The molecule has 22 heavy (non-hydrogen) atoms. The van der Waals surface area contributed by atoms with E-state index < -0.39 is 19.5 Å². The van der Waals surface area contributed by atoms with Crippen molar-refractivity contribution in [2.24, 2.45) is 0 Å². The quantitative estimate of drug-likeness (QED) is 0.423. The second-order valence-electron chi connectivity index (χ2n) is 5.31. The van der Waals surface area contributed by atoms with Gasteiger partial charge in [0.05, 0.1) is 26.7 Å². The van der Waals surface area contributed by atoms with Gasteiger partial charge in [-0.1, -0.05) is 0 Å². The maximum atomic E-state index is 11.4. The third kappa shape index (κ3) is 6.87. The molecule has 0 heterocycles. The van der Waals surface area contributed by atoms with Gasteiger partial charge in [0.25, 0.3) is 0 Å². The average molecular weight is 338 g/mol. The normalized spacial score (nSPS) is 13.7. The molecule has 1 unspecified atom stereocenters. The van der Waals surface area contributed by atoms with Crippen molar-refractivity contribution < 1.29 is 23.5 Å². The molecule has 132 valence electrons. The summed E-state index contributed by atoms with van der Waals surface area (Å²) in [6.07, 6.45) is 0. The van der Waals surface area contributed by atoms with Crippen molar-refractivity contribution in [2.75, 3.05) is 54.9 Å². The molecular formula is C13H31N4O4P. The Morgan fingerprint density at radius 3 is 1.64 bits per heavy atom. The van der Waals surface area contributed by atoms with Crippen LogP contribution in [0.25, 0.3) is 0 Å². The topological polar surface area (TPSA) is 92.8 Å². The van der Waals surface area contributed by atoms with Crippen molar-refractivity contribution in [3.8, 4) is 0 Å². The minimum atomic E-state index is -4.17. The molecule has 0 aliphatic rings. The van der Waals surface area contributed by atoms with Gasteiger partial charge >= 0.3 is 11.8 Å². The molecule has 0 aromatic rings. The van der Waals surface area contributed by atoms with Crippen LogP contribution in [0.1, 0.15) is 20.8 Å². The summed E-state index contributed by atoms with van der Waals surface area (Å²) in [4.78, 5) is 33.4. The zero-order valence-corrected chi connectivity index (χ0v) is 15.9. The van der Waals surface area contributed by atoms with Crippen LogP contribution in [0.3, 0.4) is 0 Å². The SMILES string of the molecule is CC[N+](C)(CC)CC.CNC(=O)C(=O)N(C)P(=O)([O-])N(C)C. The van der Waals surface area contributed by atoms with Crippen LogP contribution in [0.2, 0.25) is 0 Å². The van der Waals surface area contributed by atoms with Gasteiger partial charge in [0.2, 0.25) is 0 Å². The summed E-state index contributed by atoms with van der Waals surface area (Å²) in [5.41, 5.74) is 0. The van der Waals surface area contributed by atoms with Gasteiger partial charge in [0.15, 0.2) is 7.67 Å². The van der Waals surface area contributed by atoms with Crippen LogP contribution < -0.4 is 10.2 Å². The molecule has 0 aliphatic carbocycles. The average Bonchev–Trinajstić information content (AvgIpc) is 2.52.